The van der Waals surface area contributed by atoms with Crippen LogP contribution in [-0.2, 0) is 0 Å². The Hall–Kier alpha value is -2.48. The van der Waals surface area contributed by atoms with E-state index in [1.54, 1.807) is 25.1 Å². The zero-order chi connectivity index (χ0) is 17.5. The molecule has 8 heteroatoms. The zero-order valence-electron chi connectivity index (χ0n) is 13.6. The number of aliphatic hydroxyl groups is 1. The highest BCUT2D eigenvalue weighted by Gasteiger charge is 2.24. The molecule has 0 aliphatic rings. The maximum Gasteiger partial charge on any atom is 0.315 e. The summed E-state index contributed by atoms with van der Waals surface area (Å²) in [5.74, 6) is 0.00705. The number of amides is 2. The van der Waals surface area contributed by atoms with Crippen molar-refractivity contribution in [3.05, 3.63) is 47.4 Å². The van der Waals surface area contributed by atoms with E-state index in [-0.39, 0.29) is 11.4 Å². The molecule has 0 fully saturated rings. The molecule has 2 rings (SSSR count). The topological polar surface area (TPSA) is 100 Å². The molecule has 2 aromatic rings. The molecule has 0 saturated carbocycles. The Morgan fingerprint density at radius 2 is 2.17 bits per heavy atom. The Morgan fingerprint density at radius 3 is 2.79 bits per heavy atom. The van der Waals surface area contributed by atoms with Crippen molar-refractivity contribution in [3.63, 3.8) is 0 Å². The Morgan fingerprint density at radius 1 is 1.42 bits per heavy atom. The van der Waals surface area contributed by atoms with Crippen LogP contribution in [0, 0.1) is 12.7 Å². The number of hydrogen-bond donors (Lipinski definition) is 3. The van der Waals surface area contributed by atoms with Crippen LogP contribution in [0.4, 0.5) is 9.18 Å². The van der Waals surface area contributed by atoms with Crippen LogP contribution in [0.15, 0.2) is 28.8 Å². The van der Waals surface area contributed by atoms with Gasteiger partial charge in [-0.05, 0) is 18.9 Å². The number of nitrogens with zero attached hydrogens (tertiary/aromatic N) is 2. The summed E-state index contributed by atoms with van der Waals surface area (Å²) in [6, 6.07) is 4.69. The van der Waals surface area contributed by atoms with Gasteiger partial charge in [-0.3, -0.25) is 0 Å². The molecule has 1 aromatic carbocycles. The van der Waals surface area contributed by atoms with Crippen LogP contribution in [0.3, 0.4) is 0 Å². The van der Waals surface area contributed by atoms with Crippen molar-refractivity contribution in [2.45, 2.75) is 38.8 Å². The van der Waals surface area contributed by atoms with Gasteiger partial charge in [0.1, 0.15) is 11.9 Å². The molecule has 2 unspecified atom stereocenters. The number of carbonyl (C=O) groups excluding carboxylic acids is 1. The number of aromatic nitrogens is 2. The summed E-state index contributed by atoms with van der Waals surface area (Å²) in [5, 5.41) is 18.5. The third-order valence-corrected chi connectivity index (χ3v) is 3.53. The average Bonchev–Trinajstić information content (AvgIpc) is 2.99. The van der Waals surface area contributed by atoms with Crippen molar-refractivity contribution in [2.24, 2.45) is 0 Å². The molecule has 24 heavy (non-hydrogen) atoms. The number of aliphatic hydroxyl groups excluding tert-OH is 1. The lowest BCUT2D eigenvalue weighted by Crippen LogP contribution is -2.40. The van der Waals surface area contributed by atoms with Gasteiger partial charge in [-0.25, -0.2) is 9.18 Å². The molecule has 0 aliphatic heterocycles. The minimum atomic E-state index is -0.875. The lowest BCUT2D eigenvalue weighted by atomic mass is 10.1. The summed E-state index contributed by atoms with van der Waals surface area (Å²) >= 11 is 0. The number of rotatable bonds is 7. The van der Waals surface area contributed by atoms with E-state index in [0.717, 1.165) is 0 Å². The van der Waals surface area contributed by atoms with Gasteiger partial charge in [-0.15, -0.1) is 0 Å². The number of benzene rings is 1. The Bertz CT molecular complexity index is 677. The van der Waals surface area contributed by atoms with Crippen LogP contribution < -0.4 is 10.6 Å². The van der Waals surface area contributed by atoms with E-state index in [9.17, 15) is 14.3 Å². The summed E-state index contributed by atoms with van der Waals surface area (Å²) in [4.78, 5) is 16.2. The molecule has 0 bridgehead atoms. The second-order valence-electron chi connectivity index (χ2n) is 5.38. The maximum absolute atomic E-state index is 14.1. The Kier molecular flexibility index (Phi) is 6.25. The molecule has 0 saturated heterocycles. The van der Waals surface area contributed by atoms with Gasteiger partial charge >= 0.3 is 6.03 Å². The number of halogens is 1. The monoisotopic (exact) mass is 336 g/mol. The van der Waals surface area contributed by atoms with E-state index < -0.39 is 24.0 Å². The fraction of sp³-hybridized carbons (Fsp3) is 0.438. The highest BCUT2D eigenvalue weighted by molar-refractivity contribution is 5.74. The standard InChI is InChI=1S/C16H21FN4O3/c1-3-11(22)8-9-18-16(23)20-14(15-19-10(2)24-21-15)12-6-4-5-7-13(12)17/h4-7,11,14,22H,3,8-9H2,1-2H3,(H2,18,20,23). The molecule has 7 nitrogen and oxygen atoms in total. The number of urea groups is 1. The molecule has 3 N–H and O–H groups in total. The molecule has 0 spiro atoms. The molecule has 1 aromatic heterocycles. The van der Waals surface area contributed by atoms with E-state index in [4.69, 9.17) is 4.52 Å². The summed E-state index contributed by atoms with van der Waals surface area (Å²) in [7, 11) is 0. The van der Waals surface area contributed by atoms with E-state index in [1.807, 2.05) is 6.92 Å². The zero-order valence-corrected chi connectivity index (χ0v) is 13.6. The van der Waals surface area contributed by atoms with E-state index in [0.29, 0.717) is 25.3 Å². The molecule has 0 aliphatic carbocycles. The van der Waals surface area contributed by atoms with Crippen LogP contribution in [0.25, 0.3) is 0 Å². The third kappa shape index (κ3) is 4.76. The first-order chi connectivity index (χ1) is 11.5. The van der Waals surface area contributed by atoms with Crippen molar-refractivity contribution in [3.8, 4) is 0 Å². The molecule has 1 heterocycles. The normalized spacial score (nSPS) is 13.3. The number of carbonyl (C=O) groups is 1. The summed E-state index contributed by atoms with van der Waals surface area (Å²) in [5.41, 5.74) is 0.238. The number of aryl methyl sites for hydroxylation is 1. The minimum Gasteiger partial charge on any atom is -0.393 e. The highest BCUT2D eigenvalue weighted by atomic mass is 19.1. The summed E-state index contributed by atoms with van der Waals surface area (Å²) in [6.07, 6.45) is 0.589. The Balaban J connectivity index is 2.10. The second kappa shape index (κ2) is 8.39. The molecule has 130 valence electrons. The molecule has 0 radical (unpaired) electrons. The lowest BCUT2D eigenvalue weighted by molar-refractivity contribution is 0.160. The largest absolute Gasteiger partial charge is 0.393 e. The van der Waals surface area contributed by atoms with Crippen molar-refractivity contribution < 1.29 is 18.8 Å². The van der Waals surface area contributed by atoms with Crippen LogP contribution >= 0.6 is 0 Å². The van der Waals surface area contributed by atoms with E-state index >= 15 is 0 Å². The van der Waals surface area contributed by atoms with Gasteiger partial charge in [0.15, 0.2) is 5.82 Å². The fourth-order valence-corrected chi connectivity index (χ4v) is 2.16. The first-order valence-electron chi connectivity index (χ1n) is 7.78. The molecular weight excluding hydrogens is 315 g/mol. The smallest absolute Gasteiger partial charge is 0.315 e. The summed E-state index contributed by atoms with van der Waals surface area (Å²) in [6.45, 7) is 3.77. The van der Waals surface area contributed by atoms with Gasteiger partial charge in [-0.2, -0.15) is 4.98 Å². The lowest BCUT2D eigenvalue weighted by Gasteiger charge is -2.17. The van der Waals surface area contributed by atoms with Gasteiger partial charge < -0.3 is 20.3 Å². The van der Waals surface area contributed by atoms with Crippen molar-refractivity contribution >= 4 is 6.03 Å². The average molecular weight is 336 g/mol. The first kappa shape index (κ1) is 17.9. The SMILES string of the molecule is CCC(O)CCNC(=O)NC(c1noc(C)n1)c1ccccc1F. The molecule has 2 amide bonds. The molecular formula is C16H21FN4O3. The Labute approximate surface area is 139 Å². The van der Waals surface area contributed by atoms with Gasteiger partial charge in [-0.1, -0.05) is 30.3 Å². The van der Waals surface area contributed by atoms with Gasteiger partial charge in [0, 0.05) is 19.0 Å². The summed E-state index contributed by atoms with van der Waals surface area (Å²) < 4.78 is 19.0. The van der Waals surface area contributed by atoms with Crippen LogP contribution in [0.2, 0.25) is 0 Å². The number of nitrogens with one attached hydrogen (secondary N) is 2. The van der Waals surface area contributed by atoms with Crippen LogP contribution in [0.1, 0.15) is 43.1 Å². The minimum absolute atomic E-state index is 0.168. The predicted molar refractivity (Wildman–Crippen MR) is 84.7 cm³/mol. The van der Waals surface area contributed by atoms with Gasteiger partial charge in [0.2, 0.25) is 5.89 Å². The van der Waals surface area contributed by atoms with E-state index in [2.05, 4.69) is 20.8 Å². The van der Waals surface area contributed by atoms with Crippen molar-refractivity contribution in [1.82, 2.24) is 20.8 Å². The van der Waals surface area contributed by atoms with Crippen molar-refractivity contribution in [2.75, 3.05) is 6.54 Å². The predicted octanol–water partition coefficient (Wildman–Crippen LogP) is 2.07. The number of hydrogen-bond acceptors (Lipinski definition) is 5. The van der Waals surface area contributed by atoms with Gasteiger partial charge in [0.25, 0.3) is 0 Å². The van der Waals surface area contributed by atoms with Crippen LogP contribution in [0.5, 0.6) is 0 Å². The van der Waals surface area contributed by atoms with E-state index in [1.165, 1.54) is 6.07 Å². The quantitative estimate of drug-likeness (QED) is 0.719. The maximum atomic E-state index is 14.1. The fourth-order valence-electron chi connectivity index (χ4n) is 2.16. The second-order valence-corrected chi connectivity index (χ2v) is 5.38. The van der Waals surface area contributed by atoms with Crippen molar-refractivity contribution in [1.29, 1.82) is 0 Å². The molecule has 2 atom stereocenters. The third-order valence-electron chi connectivity index (χ3n) is 3.53. The van der Waals surface area contributed by atoms with Gasteiger partial charge in [0.05, 0.1) is 6.10 Å². The van der Waals surface area contributed by atoms with Crippen LogP contribution in [-0.4, -0.2) is 33.9 Å². The first-order valence-corrected chi connectivity index (χ1v) is 7.78. The highest BCUT2D eigenvalue weighted by Crippen LogP contribution is 2.22.